The first kappa shape index (κ1) is 41.2. The Morgan fingerprint density at radius 1 is 1.19 bits per heavy atom. The molecule has 2 heterocycles. The van der Waals surface area contributed by atoms with Gasteiger partial charge in [0.1, 0.15) is 23.5 Å². The molecule has 16 heteroatoms. The van der Waals surface area contributed by atoms with Gasteiger partial charge >= 0.3 is 5.97 Å². The number of carbonyl (C=O) groups is 4. The molecule has 9 N–H and O–H groups in total. The molecule has 1 aliphatic rings. The summed E-state index contributed by atoms with van der Waals surface area (Å²) in [6, 6.07) is 8.78. The van der Waals surface area contributed by atoms with Gasteiger partial charge in [0.05, 0.1) is 36.3 Å². The molecule has 4 rings (SSSR count). The fourth-order valence-electron chi connectivity index (χ4n) is 6.32. The van der Waals surface area contributed by atoms with E-state index in [0.717, 1.165) is 10.3 Å². The van der Waals surface area contributed by atoms with Crippen LogP contribution in [0, 0.1) is 0 Å². The number of aliphatic carboxylic acids is 1. The Morgan fingerprint density at radius 3 is 2.48 bits per heavy atom. The number of rotatable bonds is 14. The van der Waals surface area contributed by atoms with E-state index >= 15 is 0 Å². The number of benzene rings is 2. The number of aliphatic hydroxyl groups is 2. The molecule has 1 aliphatic heterocycles. The number of pyridine rings is 1. The van der Waals surface area contributed by atoms with E-state index in [1.165, 1.54) is 27.0 Å². The molecular weight excluding hydrogens is 718 g/mol. The number of carboxylic acid groups (broad SMARTS) is 1. The van der Waals surface area contributed by atoms with E-state index in [1.807, 2.05) is 31.2 Å². The minimum absolute atomic E-state index is 0.0767. The highest BCUT2D eigenvalue weighted by atomic mass is 35.5. The molecule has 0 bridgehead atoms. The average Bonchev–Trinajstić information content (AvgIpc) is 3.47. The maximum Gasteiger partial charge on any atom is 0.352 e. The van der Waals surface area contributed by atoms with Gasteiger partial charge in [-0.1, -0.05) is 31.7 Å². The number of hydrogen-bond donors (Lipinski definition) is 7. The fraction of sp³-hybridized carbons (Fsp3) is 0.368. The lowest BCUT2D eigenvalue weighted by Crippen LogP contribution is -2.61. The van der Waals surface area contributed by atoms with Crippen LogP contribution in [0.25, 0.3) is 27.6 Å². The maximum absolute atomic E-state index is 14.4. The highest BCUT2D eigenvalue weighted by Crippen LogP contribution is 2.40. The highest BCUT2D eigenvalue weighted by Gasteiger charge is 2.52. The lowest BCUT2D eigenvalue weighted by atomic mass is 9.91. The predicted molar refractivity (Wildman–Crippen MR) is 206 cm³/mol. The van der Waals surface area contributed by atoms with Crippen molar-refractivity contribution in [1.29, 1.82) is 0 Å². The number of alkyl halides is 1. The highest BCUT2D eigenvalue weighted by molar-refractivity contribution is 6.23. The van der Waals surface area contributed by atoms with Crippen LogP contribution in [0.5, 0.6) is 5.75 Å². The summed E-state index contributed by atoms with van der Waals surface area (Å²) in [4.78, 5) is 63.6. The van der Waals surface area contributed by atoms with Crippen molar-refractivity contribution in [3.63, 3.8) is 0 Å². The number of amides is 3. The van der Waals surface area contributed by atoms with Crippen LogP contribution in [0.15, 0.2) is 71.5 Å². The largest absolute Gasteiger partial charge is 0.496 e. The van der Waals surface area contributed by atoms with Gasteiger partial charge in [0.2, 0.25) is 11.8 Å². The SMILES string of the molecule is C=C(C)c1cnc2ccccc2c1-c1cc(C(=O)NC(C(=O)N2CCC(C)(O)C2C(=O)N/C(C(=O)O)=C(\C)CC)C(Cl)C(O)CN=C(N)N)ccc1OC. The zero-order valence-corrected chi connectivity index (χ0v) is 31.5. The van der Waals surface area contributed by atoms with Gasteiger partial charge in [0.25, 0.3) is 5.91 Å². The number of likely N-dealkylation sites (tertiary alicyclic amines) is 1. The van der Waals surface area contributed by atoms with Gasteiger partial charge in [0.15, 0.2) is 5.96 Å². The lowest BCUT2D eigenvalue weighted by molar-refractivity contribution is -0.145. The number of nitrogens with one attached hydrogen (secondary N) is 2. The van der Waals surface area contributed by atoms with Crippen molar-refractivity contribution in [2.75, 3.05) is 20.2 Å². The average molecular weight is 764 g/mol. The number of nitrogens with two attached hydrogens (primary N) is 2. The number of methoxy groups -OCH3 is 1. The van der Waals surface area contributed by atoms with Crippen LogP contribution < -0.4 is 26.8 Å². The summed E-state index contributed by atoms with van der Waals surface area (Å²) in [6.45, 7) is 9.90. The Bertz CT molecular complexity index is 2030. The van der Waals surface area contributed by atoms with Gasteiger partial charge in [-0.3, -0.25) is 24.4 Å². The van der Waals surface area contributed by atoms with E-state index in [9.17, 15) is 34.5 Å². The van der Waals surface area contributed by atoms with Crippen molar-refractivity contribution in [2.24, 2.45) is 16.5 Å². The van der Waals surface area contributed by atoms with Gasteiger partial charge < -0.3 is 47.1 Å². The standard InChI is InChI=1S/C38H46ClN7O8/c1-7-20(4)30(36(51)52)44-34(49)32-38(5,53)14-15-46(32)35(50)31(29(39)26(47)18-43-37(40)41)45-33(48)21-12-13-27(54-6)23(16-21)28-22-10-8-9-11-25(22)42-17-24(28)19(2)3/h8-13,16-17,26,29,31-32,47,53H,2,7,14-15,18H2,1,3-6H3,(H,44,49)(H,45,48)(H,51,52)(H4,40,41,43)/b30-20+. The smallest absolute Gasteiger partial charge is 0.352 e. The number of ether oxygens (including phenoxy) is 1. The van der Waals surface area contributed by atoms with Crippen molar-refractivity contribution in [2.45, 2.75) is 69.7 Å². The second-order valence-electron chi connectivity index (χ2n) is 13.3. The number of aliphatic hydroxyl groups excluding tert-OH is 1. The van der Waals surface area contributed by atoms with Crippen LogP contribution in [0.4, 0.5) is 0 Å². The van der Waals surface area contributed by atoms with Crippen LogP contribution in [0.3, 0.4) is 0 Å². The van der Waals surface area contributed by atoms with E-state index in [4.69, 9.17) is 27.8 Å². The molecule has 3 aromatic rings. The number of aliphatic imine (C=N–C) groups is 1. The van der Waals surface area contributed by atoms with E-state index in [-0.39, 0.29) is 24.5 Å². The third kappa shape index (κ3) is 8.81. The van der Waals surface area contributed by atoms with E-state index in [0.29, 0.717) is 45.5 Å². The Balaban J connectivity index is 1.79. The summed E-state index contributed by atoms with van der Waals surface area (Å²) in [7, 11) is 1.49. The minimum Gasteiger partial charge on any atom is -0.496 e. The van der Waals surface area contributed by atoms with Crippen molar-refractivity contribution < 1.29 is 39.2 Å². The number of nitrogens with zero attached hydrogens (tertiary/aromatic N) is 3. The molecule has 1 saturated heterocycles. The number of fused-ring (bicyclic) bond motifs is 1. The van der Waals surface area contributed by atoms with Gasteiger partial charge in [0, 0.05) is 40.4 Å². The molecule has 5 unspecified atom stereocenters. The summed E-state index contributed by atoms with van der Waals surface area (Å²) in [5.74, 6) is -4.01. The number of carboxylic acids is 1. The van der Waals surface area contributed by atoms with Crippen LogP contribution >= 0.6 is 11.6 Å². The summed E-state index contributed by atoms with van der Waals surface area (Å²) >= 11 is 6.72. The first-order valence-corrected chi connectivity index (χ1v) is 17.5. The summed E-state index contributed by atoms with van der Waals surface area (Å²) in [5, 5.41) is 36.2. The van der Waals surface area contributed by atoms with Crippen molar-refractivity contribution >= 4 is 57.7 Å². The van der Waals surface area contributed by atoms with Crippen molar-refractivity contribution in [3.05, 3.63) is 77.6 Å². The number of hydrogen-bond acceptors (Lipinski definition) is 9. The molecule has 0 aliphatic carbocycles. The zero-order valence-electron chi connectivity index (χ0n) is 30.7. The molecule has 3 amide bonds. The topological polar surface area (TPSA) is 243 Å². The molecular formula is C38H46ClN7O8. The van der Waals surface area contributed by atoms with Crippen LogP contribution in [0.1, 0.15) is 56.5 Å². The first-order chi connectivity index (χ1) is 25.4. The lowest BCUT2D eigenvalue weighted by Gasteiger charge is -2.34. The molecule has 0 radical (unpaired) electrons. The third-order valence-electron chi connectivity index (χ3n) is 9.38. The van der Waals surface area contributed by atoms with Gasteiger partial charge in [-0.05, 0) is 69.0 Å². The molecule has 1 aromatic heterocycles. The first-order valence-electron chi connectivity index (χ1n) is 17.1. The van der Waals surface area contributed by atoms with Gasteiger partial charge in [-0.2, -0.15) is 0 Å². The fourth-order valence-corrected chi connectivity index (χ4v) is 6.57. The molecule has 0 saturated carbocycles. The van der Waals surface area contributed by atoms with E-state index in [2.05, 4.69) is 27.2 Å². The number of halogens is 1. The molecule has 2 aromatic carbocycles. The van der Waals surface area contributed by atoms with Crippen LogP contribution in [-0.4, -0.2) is 104 Å². The van der Waals surface area contributed by atoms with E-state index in [1.54, 1.807) is 25.3 Å². The normalized spacial score (nSPS) is 18.9. The number of allylic oxidation sites excluding steroid dienone is 2. The second-order valence-corrected chi connectivity index (χ2v) is 13.8. The molecule has 15 nitrogen and oxygen atoms in total. The maximum atomic E-state index is 14.4. The molecule has 1 fully saturated rings. The molecule has 54 heavy (non-hydrogen) atoms. The zero-order chi connectivity index (χ0) is 40.1. The van der Waals surface area contributed by atoms with Crippen LogP contribution in [-0.2, 0) is 14.4 Å². The summed E-state index contributed by atoms with van der Waals surface area (Å²) < 4.78 is 5.71. The molecule has 288 valence electrons. The van der Waals surface area contributed by atoms with Gasteiger partial charge in [-0.15, -0.1) is 11.6 Å². The van der Waals surface area contributed by atoms with E-state index < -0.39 is 65.1 Å². The quantitative estimate of drug-likeness (QED) is 0.0545. The Kier molecular flexibility index (Phi) is 13.1. The Hall–Kier alpha value is -5.51. The second kappa shape index (κ2) is 17.1. The summed E-state index contributed by atoms with van der Waals surface area (Å²) in [6.07, 6.45) is 0.333. The van der Waals surface area contributed by atoms with Crippen LogP contribution in [0.2, 0.25) is 0 Å². The monoisotopic (exact) mass is 763 g/mol. The number of carbonyl (C=O) groups excluding carboxylic acids is 3. The number of para-hydroxylation sites is 1. The Morgan fingerprint density at radius 2 is 1.87 bits per heavy atom. The van der Waals surface area contributed by atoms with Gasteiger partial charge in [-0.25, -0.2) is 4.79 Å². The number of guanidine groups is 1. The molecule has 0 spiro atoms. The third-order valence-corrected chi connectivity index (χ3v) is 9.92. The minimum atomic E-state index is -1.81. The van der Waals surface area contributed by atoms with Crippen molar-refractivity contribution in [1.82, 2.24) is 20.5 Å². The van der Waals surface area contributed by atoms with Crippen molar-refractivity contribution in [3.8, 4) is 16.9 Å². The molecule has 5 atom stereocenters. The summed E-state index contributed by atoms with van der Waals surface area (Å²) in [5.41, 5.74) is 12.5. The predicted octanol–water partition coefficient (Wildman–Crippen LogP) is 2.52. The number of aromatic nitrogens is 1. The Labute approximate surface area is 317 Å².